The Morgan fingerprint density at radius 1 is 1.04 bits per heavy atom. The van der Waals surface area contributed by atoms with Crippen molar-refractivity contribution in [3.05, 3.63) is 47.7 Å². The Morgan fingerprint density at radius 2 is 1.78 bits per heavy atom. The van der Waals surface area contributed by atoms with E-state index in [1.807, 2.05) is 18.7 Å². The molecular formula is C35H48N10O4S. The highest BCUT2D eigenvalue weighted by molar-refractivity contribution is 7.92. The number of amides is 1. The third-order valence-electron chi connectivity index (χ3n) is 9.61. The van der Waals surface area contributed by atoms with Crippen LogP contribution in [0.3, 0.4) is 0 Å². The summed E-state index contributed by atoms with van der Waals surface area (Å²) in [6.07, 6.45) is 5.43. The number of aliphatic imine (C=N–C) groups is 1. The average Bonchev–Trinajstić information content (AvgIpc) is 3.41. The second-order valence-corrected chi connectivity index (χ2v) is 16.9. The Balaban J connectivity index is 1.07. The molecule has 3 aromatic rings. The topological polar surface area (TPSA) is 158 Å². The zero-order chi connectivity index (χ0) is 35.6. The molecule has 1 atom stereocenters. The number of fused-ring (bicyclic) bond motifs is 1. The van der Waals surface area contributed by atoms with Crippen LogP contribution in [0.4, 0.5) is 11.8 Å². The van der Waals surface area contributed by atoms with E-state index in [9.17, 15) is 13.2 Å². The predicted octanol–water partition coefficient (Wildman–Crippen LogP) is 2.99. The zero-order valence-electron chi connectivity index (χ0n) is 29.9. The van der Waals surface area contributed by atoms with Crippen molar-refractivity contribution in [1.29, 1.82) is 0 Å². The van der Waals surface area contributed by atoms with Crippen LogP contribution in [0.15, 0.2) is 52.0 Å². The first kappa shape index (κ1) is 35.6. The first-order chi connectivity index (χ1) is 23.8. The highest BCUT2D eigenvalue weighted by Gasteiger charge is 2.34. The van der Waals surface area contributed by atoms with Gasteiger partial charge in [0, 0.05) is 87.9 Å². The van der Waals surface area contributed by atoms with Gasteiger partial charge in [-0.15, -0.1) is 0 Å². The van der Waals surface area contributed by atoms with Crippen molar-refractivity contribution in [2.45, 2.75) is 63.6 Å². The van der Waals surface area contributed by atoms with Crippen LogP contribution in [0.5, 0.6) is 5.75 Å². The second kappa shape index (κ2) is 14.6. The molecule has 2 aromatic heterocycles. The van der Waals surface area contributed by atoms with Gasteiger partial charge in [0.2, 0.25) is 5.95 Å². The number of carbonyl (C=O) groups is 1. The molecule has 3 aliphatic heterocycles. The molecule has 268 valence electrons. The molecule has 6 rings (SSSR count). The summed E-state index contributed by atoms with van der Waals surface area (Å²) in [5.41, 5.74) is 4.06. The van der Waals surface area contributed by atoms with E-state index in [0.717, 1.165) is 56.3 Å². The fourth-order valence-corrected chi connectivity index (χ4v) is 7.59. The molecule has 2 fully saturated rings. The molecule has 1 amide bonds. The molecule has 15 heteroatoms. The fraction of sp³-hybridized carbons (Fsp3) is 0.543. The summed E-state index contributed by atoms with van der Waals surface area (Å²) in [7, 11) is -3.77. The molecule has 0 saturated carbocycles. The summed E-state index contributed by atoms with van der Waals surface area (Å²) in [5.74, 6) is 1.31. The maximum absolute atomic E-state index is 13.8. The van der Waals surface area contributed by atoms with Gasteiger partial charge in [0.15, 0.2) is 15.7 Å². The van der Waals surface area contributed by atoms with Crippen LogP contribution < -0.4 is 20.3 Å². The number of sulfone groups is 1. The van der Waals surface area contributed by atoms with Crippen LogP contribution in [0.2, 0.25) is 0 Å². The number of carbonyl (C=O) groups excluding carboxylic acids is 1. The zero-order valence-corrected chi connectivity index (χ0v) is 30.7. The number of rotatable bonds is 9. The van der Waals surface area contributed by atoms with Gasteiger partial charge in [0.25, 0.3) is 5.91 Å². The third kappa shape index (κ3) is 7.59. The van der Waals surface area contributed by atoms with Gasteiger partial charge in [-0.3, -0.25) is 9.69 Å². The van der Waals surface area contributed by atoms with Crippen LogP contribution in [-0.4, -0.2) is 126 Å². The molecule has 1 aromatic carbocycles. The van der Waals surface area contributed by atoms with E-state index in [2.05, 4.69) is 47.3 Å². The number of anilines is 1. The standard InChI is InChI=1S/C35H48N10O4S/c1-23-21-45(10-8-36-23)33(46)26-18-38-34(39-19-26)44-13-11-43(12-14-44)9-7-15-49-30-17-28-27(16-31(30)50(47,48)35(4,5)6)32(41-22-40-28)42-29-20-37-25(3)24(29)2/h16-19,22-23,36-37H,7-15,20-21H2,1-6H3/t23-/m1/s1. The molecule has 0 spiro atoms. The summed E-state index contributed by atoms with van der Waals surface area (Å²) in [4.78, 5) is 42.0. The van der Waals surface area contributed by atoms with E-state index in [-0.39, 0.29) is 22.6 Å². The van der Waals surface area contributed by atoms with Gasteiger partial charge in [0.05, 0.1) is 34.7 Å². The van der Waals surface area contributed by atoms with Gasteiger partial charge < -0.3 is 25.2 Å². The quantitative estimate of drug-likeness (QED) is 0.314. The summed E-state index contributed by atoms with van der Waals surface area (Å²) in [5, 5.41) is 7.21. The van der Waals surface area contributed by atoms with E-state index >= 15 is 0 Å². The Kier molecular flexibility index (Phi) is 10.4. The molecule has 0 aliphatic carbocycles. The molecule has 2 saturated heterocycles. The number of benzene rings is 1. The minimum Gasteiger partial charge on any atom is -0.492 e. The van der Waals surface area contributed by atoms with Gasteiger partial charge in [-0.05, 0) is 59.6 Å². The third-order valence-corrected chi connectivity index (χ3v) is 12.1. The lowest BCUT2D eigenvalue weighted by Crippen LogP contribution is -2.51. The highest BCUT2D eigenvalue weighted by Crippen LogP contribution is 2.37. The van der Waals surface area contributed by atoms with Crippen LogP contribution in [-0.2, 0) is 9.84 Å². The largest absolute Gasteiger partial charge is 0.492 e. The van der Waals surface area contributed by atoms with Gasteiger partial charge in [-0.2, -0.15) is 0 Å². The van der Waals surface area contributed by atoms with E-state index in [1.54, 1.807) is 45.3 Å². The van der Waals surface area contributed by atoms with E-state index < -0.39 is 14.6 Å². The number of aromatic nitrogens is 4. The molecule has 0 radical (unpaired) electrons. The van der Waals surface area contributed by atoms with E-state index in [1.165, 1.54) is 6.33 Å². The normalized spacial score (nSPS) is 20.1. The number of hydrogen-bond donors (Lipinski definition) is 2. The lowest BCUT2D eigenvalue weighted by molar-refractivity contribution is 0.0708. The smallest absolute Gasteiger partial charge is 0.257 e. The Bertz CT molecular complexity index is 1900. The molecule has 5 heterocycles. The van der Waals surface area contributed by atoms with Crippen molar-refractivity contribution < 1.29 is 17.9 Å². The Morgan fingerprint density at radius 3 is 2.44 bits per heavy atom. The van der Waals surface area contributed by atoms with Crippen molar-refractivity contribution >= 4 is 44.1 Å². The minimum absolute atomic E-state index is 0.0312. The lowest BCUT2D eigenvalue weighted by Gasteiger charge is -2.34. The Hall–Kier alpha value is -4.21. The van der Waals surface area contributed by atoms with Gasteiger partial charge in [-0.25, -0.2) is 33.3 Å². The molecule has 2 N–H and O–H groups in total. The second-order valence-electron chi connectivity index (χ2n) is 14.2. The molecular weight excluding hydrogens is 657 g/mol. The van der Waals surface area contributed by atoms with Crippen LogP contribution in [0.25, 0.3) is 10.9 Å². The van der Waals surface area contributed by atoms with Crippen LogP contribution in [0.1, 0.15) is 58.3 Å². The molecule has 0 bridgehead atoms. The Labute approximate surface area is 294 Å². The van der Waals surface area contributed by atoms with Crippen molar-refractivity contribution in [2.75, 3.05) is 70.4 Å². The monoisotopic (exact) mass is 704 g/mol. The molecule has 50 heavy (non-hydrogen) atoms. The molecule has 3 aliphatic rings. The maximum Gasteiger partial charge on any atom is 0.257 e. The first-order valence-corrected chi connectivity index (χ1v) is 18.8. The first-order valence-electron chi connectivity index (χ1n) is 17.3. The number of hydrogen-bond acceptors (Lipinski definition) is 13. The number of piperazine rings is 2. The summed E-state index contributed by atoms with van der Waals surface area (Å²) >= 11 is 0. The van der Waals surface area contributed by atoms with Crippen molar-refractivity contribution in [2.24, 2.45) is 4.99 Å². The predicted molar refractivity (Wildman–Crippen MR) is 194 cm³/mol. The van der Waals surface area contributed by atoms with Crippen LogP contribution in [0, 0.1) is 0 Å². The number of allylic oxidation sites excluding steroid dienone is 1. The highest BCUT2D eigenvalue weighted by atomic mass is 32.2. The van der Waals surface area contributed by atoms with Crippen LogP contribution >= 0.6 is 0 Å². The average molecular weight is 705 g/mol. The summed E-state index contributed by atoms with van der Waals surface area (Å²) in [6, 6.07) is 3.59. The van der Waals surface area contributed by atoms with Gasteiger partial charge >= 0.3 is 0 Å². The summed E-state index contributed by atoms with van der Waals surface area (Å²) in [6.45, 7) is 18.2. The maximum atomic E-state index is 13.8. The van der Waals surface area contributed by atoms with E-state index in [4.69, 9.17) is 9.73 Å². The van der Waals surface area contributed by atoms with Crippen molar-refractivity contribution in [1.82, 2.24) is 40.4 Å². The van der Waals surface area contributed by atoms with Gasteiger partial charge in [0.1, 0.15) is 17.0 Å². The van der Waals surface area contributed by atoms with Gasteiger partial charge in [-0.1, -0.05) is 0 Å². The summed E-state index contributed by atoms with van der Waals surface area (Å²) < 4.78 is 32.8. The minimum atomic E-state index is -3.77. The van der Waals surface area contributed by atoms with E-state index in [0.29, 0.717) is 60.9 Å². The number of nitrogens with zero attached hydrogens (tertiary/aromatic N) is 8. The molecule has 0 unspecified atom stereocenters. The molecule has 14 nitrogen and oxygen atoms in total. The number of ether oxygens (including phenoxy) is 1. The SMILES string of the molecule is CC1=C(C)C(=Nc2ncnc3cc(OCCCN4CCN(c5ncc(C(=O)N6CCN[C@H](C)C6)cn5)CC4)c(S(=O)(=O)C(C)(C)C)cc23)CN1. The van der Waals surface area contributed by atoms with Crippen molar-refractivity contribution in [3.63, 3.8) is 0 Å². The number of nitrogens with one attached hydrogen (secondary N) is 2. The fourth-order valence-electron chi connectivity index (χ4n) is 6.28. The lowest BCUT2D eigenvalue weighted by atomic mass is 10.2. The van der Waals surface area contributed by atoms with Crippen molar-refractivity contribution in [3.8, 4) is 5.75 Å².